The smallest absolute Gasteiger partial charge is 0.234 e. The molecule has 0 aromatic heterocycles. The summed E-state index contributed by atoms with van der Waals surface area (Å²) in [5.41, 5.74) is 5.38. The largest absolute Gasteiger partial charge is 0.368 e. The van der Waals surface area contributed by atoms with E-state index in [0.717, 1.165) is 12.2 Å². The van der Waals surface area contributed by atoms with E-state index in [4.69, 9.17) is 5.73 Å². The Kier molecular flexibility index (Phi) is 6.10. The maximum absolute atomic E-state index is 11.2. The first-order valence-electron chi connectivity index (χ1n) is 5.78. The van der Waals surface area contributed by atoms with Gasteiger partial charge in [0.05, 0.1) is 6.04 Å². The van der Waals surface area contributed by atoms with Gasteiger partial charge in [0.15, 0.2) is 0 Å². The molecule has 1 aliphatic carbocycles. The van der Waals surface area contributed by atoms with Gasteiger partial charge in [-0.05, 0) is 31.3 Å². The summed E-state index contributed by atoms with van der Waals surface area (Å²) in [6, 6.07) is 0.388. The molecule has 0 aliphatic heterocycles. The molecule has 1 rings (SSSR count). The monoisotopic (exact) mass is 230 g/mol. The lowest BCUT2D eigenvalue weighted by Gasteiger charge is -2.26. The van der Waals surface area contributed by atoms with Crippen LogP contribution in [-0.4, -0.2) is 30.0 Å². The highest BCUT2D eigenvalue weighted by atomic mass is 32.2. The van der Waals surface area contributed by atoms with Crippen molar-refractivity contribution in [1.29, 1.82) is 0 Å². The van der Waals surface area contributed by atoms with Gasteiger partial charge in [0.1, 0.15) is 0 Å². The summed E-state index contributed by atoms with van der Waals surface area (Å²) in [6.07, 6.45) is 9.21. The Morgan fingerprint density at radius 3 is 2.67 bits per heavy atom. The van der Waals surface area contributed by atoms with Gasteiger partial charge >= 0.3 is 0 Å². The molecule has 0 aromatic carbocycles. The average Bonchev–Trinajstić information content (AvgIpc) is 2.25. The van der Waals surface area contributed by atoms with Crippen LogP contribution in [0.25, 0.3) is 0 Å². The molecular weight excluding hydrogens is 208 g/mol. The lowest BCUT2D eigenvalue weighted by Crippen LogP contribution is -2.47. The van der Waals surface area contributed by atoms with E-state index in [0.29, 0.717) is 6.04 Å². The maximum atomic E-state index is 11.2. The van der Waals surface area contributed by atoms with Crippen LogP contribution in [0.4, 0.5) is 0 Å². The molecule has 1 fully saturated rings. The van der Waals surface area contributed by atoms with Crippen LogP contribution in [0, 0.1) is 0 Å². The molecule has 1 aliphatic rings. The quantitative estimate of drug-likeness (QED) is 0.727. The second-order valence-electron chi connectivity index (χ2n) is 4.24. The molecule has 3 nitrogen and oxygen atoms in total. The number of thioether (sulfide) groups is 1. The molecule has 0 spiro atoms. The highest BCUT2D eigenvalue weighted by Gasteiger charge is 2.20. The molecule has 88 valence electrons. The first-order valence-corrected chi connectivity index (χ1v) is 7.17. The van der Waals surface area contributed by atoms with Gasteiger partial charge in [-0.2, -0.15) is 11.8 Å². The van der Waals surface area contributed by atoms with E-state index >= 15 is 0 Å². The number of carbonyl (C=O) groups excluding carboxylic acids is 1. The van der Waals surface area contributed by atoms with Crippen LogP contribution in [-0.2, 0) is 4.79 Å². The van der Waals surface area contributed by atoms with Crippen LogP contribution in [0.15, 0.2) is 0 Å². The van der Waals surface area contributed by atoms with Crippen LogP contribution in [0.2, 0.25) is 0 Å². The van der Waals surface area contributed by atoms with E-state index < -0.39 is 0 Å². The number of primary amides is 1. The number of hydrogen-bond acceptors (Lipinski definition) is 3. The number of rotatable bonds is 6. The van der Waals surface area contributed by atoms with E-state index in [1.54, 1.807) is 11.8 Å². The highest BCUT2D eigenvalue weighted by Crippen LogP contribution is 2.18. The summed E-state index contributed by atoms with van der Waals surface area (Å²) in [5.74, 6) is 0.794. The number of carbonyl (C=O) groups is 1. The Bertz CT molecular complexity index is 193. The van der Waals surface area contributed by atoms with Crippen molar-refractivity contribution in [2.24, 2.45) is 5.73 Å². The van der Waals surface area contributed by atoms with Crippen molar-refractivity contribution in [2.75, 3.05) is 12.0 Å². The van der Waals surface area contributed by atoms with Crippen molar-refractivity contribution in [3.05, 3.63) is 0 Å². The third-order valence-electron chi connectivity index (χ3n) is 3.00. The predicted molar refractivity (Wildman–Crippen MR) is 66.0 cm³/mol. The molecule has 0 saturated heterocycles. The van der Waals surface area contributed by atoms with Gasteiger partial charge in [-0.25, -0.2) is 0 Å². The van der Waals surface area contributed by atoms with Crippen LogP contribution in [0.3, 0.4) is 0 Å². The van der Waals surface area contributed by atoms with Crippen molar-refractivity contribution in [1.82, 2.24) is 5.32 Å². The molecule has 0 radical (unpaired) electrons. The van der Waals surface area contributed by atoms with E-state index in [1.165, 1.54) is 32.1 Å². The standard InChI is InChI=1S/C11H22N2OS/c1-15-8-7-10(11(12)14)13-9-5-3-2-4-6-9/h9-10,13H,2-8H2,1H3,(H2,12,14). The minimum Gasteiger partial charge on any atom is -0.368 e. The lowest BCUT2D eigenvalue weighted by molar-refractivity contribution is -0.120. The normalized spacial score (nSPS) is 20.1. The molecule has 0 aromatic rings. The zero-order chi connectivity index (χ0) is 11.1. The molecule has 15 heavy (non-hydrogen) atoms. The molecule has 3 N–H and O–H groups in total. The summed E-state index contributed by atoms with van der Waals surface area (Å²) in [5, 5.41) is 3.40. The Morgan fingerprint density at radius 2 is 2.13 bits per heavy atom. The first-order chi connectivity index (χ1) is 7.24. The second-order valence-corrected chi connectivity index (χ2v) is 5.22. The molecule has 1 amide bonds. The van der Waals surface area contributed by atoms with Gasteiger partial charge in [0.25, 0.3) is 0 Å². The molecule has 4 heteroatoms. The number of nitrogens with two attached hydrogens (primary N) is 1. The second kappa shape index (κ2) is 7.12. The minimum absolute atomic E-state index is 0.124. The Labute approximate surface area is 96.6 Å². The lowest BCUT2D eigenvalue weighted by atomic mass is 9.94. The van der Waals surface area contributed by atoms with E-state index in [9.17, 15) is 4.79 Å². The van der Waals surface area contributed by atoms with Gasteiger partial charge in [0.2, 0.25) is 5.91 Å². The topological polar surface area (TPSA) is 55.1 Å². The third-order valence-corrected chi connectivity index (χ3v) is 3.64. The minimum atomic E-state index is -0.199. The van der Waals surface area contributed by atoms with Crippen LogP contribution >= 0.6 is 11.8 Å². The van der Waals surface area contributed by atoms with Gasteiger partial charge in [-0.3, -0.25) is 4.79 Å². The van der Waals surface area contributed by atoms with Crippen LogP contribution in [0.1, 0.15) is 38.5 Å². The Balaban J connectivity index is 2.31. The van der Waals surface area contributed by atoms with Crippen LogP contribution < -0.4 is 11.1 Å². The third kappa shape index (κ3) is 4.89. The van der Waals surface area contributed by atoms with Crippen molar-refractivity contribution in [3.63, 3.8) is 0 Å². The van der Waals surface area contributed by atoms with E-state index in [2.05, 4.69) is 11.6 Å². The number of amides is 1. The van der Waals surface area contributed by atoms with Crippen LogP contribution in [0.5, 0.6) is 0 Å². The maximum Gasteiger partial charge on any atom is 0.234 e. The van der Waals surface area contributed by atoms with E-state index in [-0.39, 0.29) is 11.9 Å². The van der Waals surface area contributed by atoms with Gasteiger partial charge in [-0.15, -0.1) is 0 Å². The van der Waals surface area contributed by atoms with Crippen molar-refractivity contribution in [2.45, 2.75) is 50.6 Å². The summed E-state index contributed by atoms with van der Waals surface area (Å²) in [7, 11) is 0. The molecule has 1 saturated carbocycles. The van der Waals surface area contributed by atoms with Crippen molar-refractivity contribution >= 4 is 17.7 Å². The zero-order valence-electron chi connectivity index (χ0n) is 9.50. The number of nitrogens with one attached hydrogen (secondary N) is 1. The fourth-order valence-electron chi connectivity index (χ4n) is 2.10. The molecular formula is C11H22N2OS. The molecule has 0 bridgehead atoms. The fourth-order valence-corrected chi connectivity index (χ4v) is 2.57. The summed E-state index contributed by atoms with van der Waals surface area (Å²) >= 11 is 1.76. The summed E-state index contributed by atoms with van der Waals surface area (Å²) in [6.45, 7) is 0. The fraction of sp³-hybridized carbons (Fsp3) is 0.909. The highest BCUT2D eigenvalue weighted by molar-refractivity contribution is 7.98. The average molecular weight is 230 g/mol. The first kappa shape index (κ1) is 12.8. The van der Waals surface area contributed by atoms with Gasteiger partial charge in [0, 0.05) is 6.04 Å². The van der Waals surface area contributed by atoms with Gasteiger partial charge in [-0.1, -0.05) is 19.3 Å². The van der Waals surface area contributed by atoms with Gasteiger partial charge < -0.3 is 11.1 Å². The molecule has 1 atom stereocenters. The Hall–Kier alpha value is -0.220. The van der Waals surface area contributed by atoms with Crippen molar-refractivity contribution < 1.29 is 4.79 Å². The zero-order valence-corrected chi connectivity index (χ0v) is 10.3. The summed E-state index contributed by atoms with van der Waals surface area (Å²) < 4.78 is 0. The Morgan fingerprint density at radius 1 is 1.47 bits per heavy atom. The molecule has 0 heterocycles. The van der Waals surface area contributed by atoms with E-state index in [1.807, 2.05) is 0 Å². The number of hydrogen-bond donors (Lipinski definition) is 2. The predicted octanol–water partition coefficient (Wildman–Crippen LogP) is 1.52. The summed E-state index contributed by atoms with van der Waals surface area (Å²) in [4.78, 5) is 11.2. The molecule has 1 unspecified atom stereocenters. The van der Waals surface area contributed by atoms with Crippen molar-refractivity contribution in [3.8, 4) is 0 Å². The SMILES string of the molecule is CSCCC(NC1CCCCC1)C(N)=O.